The van der Waals surface area contributed by atoms with Gasteiger partial charge in [-0.3, -0.25) is 4.79 Å². The molecule has 0 aliphatic rings. The third kappa shape index (κ3) is 6.69. The van der Waals surface area contributed by atoms with E-state index in [-0.39, 0.29) is 11.5 Å². The lowest BCUT2D eigenvalue weighted by molar-refractivity contribution is -0.110. The Morgan fingerprint density at radius 3 is 1.68 bits per heavy atom. The number of hydrogen-bond donors (Lipinski definition) is 1. The predicted molar refractivity (Wildman–Crippen MR) is 110 cm³/mol. The fourth-order valence-electron chi connectivity index (χ4n) is 2.03. The van der Waals surface area contributed by atoms with Crippen LogP contribution < -0.4 is 0 Å². The van der Waals surface area contributed by atoms with Gasteiger partial charge in [0.25, 0.3) is 0 Å². The van der Waals surface area contributed by atoms with Crippen molar-refractivity contribution in [2.45, 2.75) is 9.79 Å². The molecule has 0 fully saturated rings. The molecule has 2 aromatic carbocycles. The summed E-state index contributed by atoms with van der Waals surface area (Å²) in [6.45, 7) is 0. The highest BCUT2D eigenvalue weighted by Gasteiger charge is 1.96. The number of rotatable bonds is 7. The molecule has 2 aromatic rings. The zero-order valence-corrected chi connectivity index (χ0v) is 15.8. The van der Waals surface area contributed by atoms with Crippen molar-refractivity contribution in [1.29, 1.82) is 0 Å². The van der Waals surface area contributed by atoms with Crippen LogP contribution in [0.2, 0.25) is 0 Å². The number of carbonyl (C=O) groups excluding carboxylic acids is 1. The SMILES string of the molecule is CSc1ccc(C=CC(=O)C=C(O)C=Cc2ccc(SC)cc2)cc1. The molecule has 0 saturated carbocycles. The van der Waals surface area contributed by atoms with Crippen LogP contribution >= 0.6 is 23.5 Å². The average Bonchev–Trinajstić information content (AvgIpc) is 2.65. The Morgan fingerprint density at radius 1 is 0.800 bits per heavy atom. The number of benzene rings is 2. The maximum atomic E-state index is 11.9. The minimum Gasteiger partial charge on any atom is -0.508 e. The Kier molecular flexibility index (Phi) is 7.64. The molecule has 2 rings (SSSR count). The van der Waals surface area contributed by atoms with E-state index < -0.39 is 0 Å². The molecule has 4 heteroatoms. The number of allylic oxidation sites excluding steroid dienone is 3. The molecular formula is C21H20O2S2. The van der Waals surface area contributed by atoms with E-state index in [1.807, 2.05) is 61.0 Å². The Hall–Kier alpha value is -2.17. The molecule has 128 valence electrons. The van der Waals surface area contributed by atoms with Crippen molar-refractivity contribution in [2.24, 2.45) is 0 Å². The first kappa shape index (κ1) is 19.2. The maximum absolute atomic E-state index is 11.9. The number of aliphatic hydroxyl groups excluding tert-OH is 1. The van der Waals surface area contributed by atoms with E-state index in [0.29, 0.717) is 0 Å². The van der Waals surface area contributed by atoms with Crippen LogP contribution in [0, 0.1) is 0 Å². The van der Waals surface area contributed by atoms with Gasteiger partial charge in [0.1, 0.15) is 5.76 Å². The third-order valence-electron chi connectivity index (χ3n) is 3.41. The van der Waals surface area contributed by atoms with E-state index >= 15 is 0 Å². The summed E-state index contributed by atoms with van der Waals surface area (Å²) in [5.74, 6) is -0.324. The lowest BCUT2D eigenvalue weighted by atomic mass is 10.2. The number of thioether (sulfide) groups is 2. The van der Waals surface area contributed by atoms with Crippen LogP contribution in [0.1, 0.15) is 11.1 Å². The van der Waals surface area contributed by atoms with Gasteiger partial charge in [-0.15, -0.1) is 23.5 Å². The Balaban J connectivity index is 1.96. The molecule has 0 bridgehead atoms. The van der Waals surface area contributed by atoms with Crippen LogP contribution in [0.4, 0.5) is 0 Å². The monoisotopic (exact) mass is 368 g/mol. The summed E-state index contributed by atoms with van der Waals surface area (Å²) in [4.78, 5) is 14.2. The molecule has 0 heterocycles. The first-order chi connectivity index (χ1) is 12.1. The summed E-state index contributed by atoms with van der Waals surface area (Å²) in [5.41, 5.74) is 1.91. The summed E-state index contributed by atoms with van der Waals surface area (Å²) in [7, 11) is 0. The van der Waals surface area contributed by atoms with Gasteiger partial charge in [-0.1, -0.05) is 36.4 Å². The smallest absolute Gasteiger partial charge is 0.182 e. The fourth-order valence-corrected chi connectivity index (χ4v) is 2.85. The highest BCUT2D eigenvalue weighted by Crippen LogP contribution is 2.16. The van der Waals surface area contributed by atoms with Gasteiger partial charge >= 0.3 is 0 Å². The Bertz CT molecular complexity index is 786. The second kappa shape index (κ2) is 9.97. The van der Waals surface area contributed by atoms with Crippen LogP contribution in [0.3, 0.4) is 0 Å². The molecule has 0 unspecified atom stereocenters. The van der Waals surface area contributed by atoms with Crippen molar-refractivity contribution >= 4 is 41.5 Å². The highest BCUT2D eigenvalue weighted by atomic mass is 32.2. The maximum Gasteiger partial charge on any atom is 0.182 e. The van der Waals surface area contributed by atoms with Crippen molar-refractivity contribution in [2.75, 3.05) is 12.5 Å². The van der Waals surface area contributed by atoms with Gasteiger partial charge < -0.3 is 5.11 Å². The molecule has 0 saturated heterocycles. The third-order valence-corrected chi connectivity index (χ3v) is 4.90. The van der Waals surface area contributed by atoms with E-state index in [9.17, 15) is 9.90 Å². The zero-order chi connectivity index (χ0) is 18.1. The minimum absolute atomic E-state index is 0.0682. The van der Waals surface area contributed by atoms with E-state index in [2.05, 4.69) is 0 Å². The van der Waals surface area contributed by atoms with Crippen LogP contribution in [0.5, 0.6) is 0 Å². The molecule has 0 amide bonds. The molecule has 0 spiro atoms. The molecular weight excluding hydrogens is 348 g/mol. The van der Waals surface area contributed by atoms with Crippen LogP contribution in [-0.4, -0.2) is 23.4 Å². The molecule has 0 aliphatic heterocycles. The van der Waals surface area contributed by atoms with Gasteiger partial charge in [-0.05, 0) is 60.1 Å². The predicted octanol–water partition coefficient (Wildman–Crippen LogP) is 5.87. The standard InChI is InChI=1S/C21H20O2S2/c1-24-20-11-5-16(6-12-20)3-9-18(22)15-19(23)10-4-17-7-13-21(25-2)14-8-17/h3-15,22H,1-2H3. The van der Waals surface area contributed by atoms with Crippen molar-refractivity contribution in [3.8, 4) is 0 Å². The first-order valence-corrected chi connectivity index (χ1v) is 10.1. The van der Waals surface area contributed by atoms with Gasteiger partial charge in [-0.2, -0.15) is 0 Å². The Labute approximate surface area is 157 Å². The lowest BCUT2D eigenvalue weighted by Crippen LogP contribution is -1.88. The summed E-state index contributed by atoms with van der Waals surface area (Å²) in [5, 5.41) is 9.86. The zero-order valence-electron chi connectivity index (χ0n) is 14.2. The average molecular weight is 369 g/mol. The van der Waals surface area contributed by atoms with Gasteiger partial charge in [0, 0.05) is 15.9 Å². The summed E-state index contributed by atoms with van der Waals surface area (Å²) in [6.07, 6.45) is 11.7. The van der Waals surface area contributed by atoms with Crippen LogP contribution in [-0.2, 0) is 4.79 Å². The van der Waals surface area contributed by atoms with Crippen molar-refractivity contribution < 1.29 is 9.90 Å². The van der Waals surface area contributed by atoms with Crippen LogP contribution in [0.15, 0.2) is 82.3 Å². The van der Waals surface area contributed by atoms with Gasteiger partial charge in [0.15, 0.2) is 5.78 Å². The van der Waals surface area contributed by atoms with Gasteiger partial charge in [-0.25, -0.2) is 0 Å². The second-order valence-corrected chi connectivity index (χ2v) is 6.94. The highest BCUT2D eigenvalue weighted by molar-refractivity contribution is 7.98. The summed E-state index contributed by atoms with van der Waals surface area (Å²) >= 11 is 3.35. The summed E-state index contributed by atoms with van der Waals surface area (Å²) in [6, 6.07) is 15.9. The lowest BCUT2D eigenvalue weighted by Gasteiger charge is -1.97. The normalized spacial score (nSPS) is 12.2. The number of hydrogen-bond acceptors (Lipinski definition) is 4. The Morgan fingerprint density at radius 2 is 1.24 bits per heavy atom. The van der Waals surface area contributed by atoms with Crippen LogP contribution in [0.25, 0.3) is 12.2 Å². The second-order valence-electron chi connectivity index (χ2n) is 5.18. The number of carbonyl (C=O) groups is 1. The van der Waals surface area contributed by atoms with Crippen molar-refractivity contribution in [1.82, 2.24) is 0 Å². The van der Waals surface area contributed by atoms with E-state index in [0.717, 1.165) is 11.1 Å². The molecule has 25 heavy (non-hydrogen) atoms. The molecule has 2 nitrogen and oxygen atoms in total. The van der Waals surface area contributed by atoms with Crippen molar-refractivity contribution in [3.05, 3.63) is 83.6 Å². The molecule has 0 radical (unpaired) electrons. The minimum atomic E-state index is -0.256. The van der Waals surface area contributed by atoms with E-state index in [1.54, 1.807) is 35.7 Å². The summed E-state index contributed by atoms with van der Waals surface area (Å²) < 4.78 is 0. The molecule has 0 atom stereocenters. The quantitative estimate of drug-likeness (QED) is 0.287. The molecule has 1 N–H and O–H groups in total. The fraction of sp³-hybridized carbons (Fsp3) is 0.0952. The first-order valence-electron chi connectivity index (χ1n) is 7.69. The topological polar surface area (TPSA) is 37.3 Å². The van der Waals surface area contributed by atoms with Crippen molar-refractivity contribution in [3.63, 3.8) is 0 Å². The molecule has 0 aromatic heterocycles. The van der Waals surface area contributed by atoms with E-state index in [4.69, 9.17) is 0 Å². The van der Waals surface area contributed by atoms with Gasteiger partial charge in [0.05, 0.1) is 0 Å². The van der Waals surface area contributed by atoms with E-state index in [1.165, 1.54) is 28.0 Å². The number of ketones is 1. The number of aliphatic hydroxyl groups is 1. The molecule has 0 aliphatic carbocycles. The largest absolute Gasteiger partial charge is 0.508 e. The van der Waals surface area contributed by atoms with Gasteiger partial charge in [0.2, 0.25) is 0 Å².